The zero-order valence-corrected chi connectivity index (χ0v) is 10.5. The van der Waals surface area contributed by atoms with Crippen molar-refractivity contribution in [2.75, 3.05) is 17.6 Å². The Morgan fingerprint density at radius 1 is 1.50 bits per heavy atom. The van der Waals surface area contributed by atoms with Crippen molar-refractivity contribution < 1.29 is 18.3 Å². The molecule has 0 aromatic carbocycles. The maximum atomic E-state index is 11.6. The lowest BCUT2D eigenvalue weighted by Crippen LogP contribution is -2.25. The van der Waals surface area contributed by atoms with E-state index in [0.29, 0.717) is 25.1 Å². The molecule has 1 aliphatic heterocycles. The molecule has 1 aromatic heterocycles. The fourth-order valence-electron chi connectivity index (χ4n) is 1.94. The third-order valence-corrected chi connectivity index (χ3v) is 5.26. The second-order valence-electron chi connectivity index (χ2n) is 4.25. The van der Waals surface area contributed by atoms with Gasteiger partial charge in [-0.05, 0) is 25.0 Å². The van der Waals surface area contributed by atoms with Gasteiger partial charge in [-0.1, -0.05) is 0 Å². The van der Waals surface area contributed by atoms with E-state index >= 15 is 0 Å². The molecule has 2 N–H and O–H groups in total. The number of nitrogens with zero attached hydrogens (tertiary/aromatic N) is 1. The van der Waals surface area contributed by atoms with E-state index in [9.17, 15) is 13.2 Å². The van der Waals surface area contributed by atoms with Crippen LogP contribution in [0.5, 0.6) is 0 Å². The van der Waals surface area contributed by atoms with Crippen LogP contribution in [0.25, 0.3) is 0 Å². The molecule has 0 bridgehead atoms. The highest BCUT2D eigenvalue weighted by Gasteiger charge is 2.30. The second kappa shape index (κ2) is 4.93. The Bertz CT molecular complexity index is 539. The Balaban J connectivity index is 1.96. The summed E-state index contributed by atoms with van der Waals surface area (Å²) in [5.41, 5.74) is 0.594. The predicted molar refractivity (Wildman–Crippen MR) is 66.5 cm³/mol. The van der Waals surface area contributed by atoms with Gasteiger partial charge in [0.25, 0.3) is 0 Å². The Labute approximate surface area is 105 Å². The number of carboxylic acids is 1. The van der Waals surface area contributed by atoms with E-state index < -0.39 is 15.8 Å². The van der Waals surface area contributed by atoms with E-state index in [0.717, 1.165) is 0 Å². The molecule has 0 radical (unpaired) electrons. The van der Waals surface area contributed by atoms with Gasteiger partial charge in [0.15, 0.2) is 9.84 Å². The van der Waals surface area contributed by atoms with Crippen molar-refractivity contribution in [2.24, 2.45) is 0 Å². The zero-order valence-electron chi connectivity index (χ0n) is 9.67. The number of aromatic nitrogens is 1. The predicted octanol–water partition coefficient (Wildman–Crippen LogP) is 0.769. The normalized spacial score (nSPS) is 21.7. The summed E-state index contributed by atoms with van der Waals surface area (Å²) in [7, 11) is -2.96. The SMILES string of the molecule is O=C(O)c1ccc(NCC2CCCS2(=O)=O)cn1. The number of nitrogens with one attached hydrogen (secondary N) is 1. The summed E-state index contributed by atoms with van der Waals surface area (Å²) in [6, 6.07) is 2.96. The quantitative estimate of drug-likeness (QED) is 0.838. The number of hydrogen-bond acceptors (Lipinski definition) is 5. The summed E-state index contributed by atoms with van der Waals surface area (Å²) >= 11 is 0. The lowest BCUT2D eigenvalue weighted by atomic mass is 10.2. The first kappa shape index (κ1) is 12.8. The maximum Gasteiger partial charge on any atom is 0.354 e. The van der Waals surface area contributed by atoms with Crippen molar-refractivity contribution in [3.8, 4) is 0 Å². The average molecular weight is 270 g/mol. The molecule has 2 rings (SSSR count). The van der Waals surface area contributed by atoms with Crippen LogP contribution < -0.4 is 5.32 Å². The first-order valence-corrected chi connectivity index (χ1v) is 7.35. The van der Waals surface area contributed by atoms with Gasteiger partial charge in [-0.15, -0.1) is 0 Å². The van der Waals surface area contributed by atoms with Gasteiger partial charge in [0, 0.05) is 6.54 Å². The Morgan fingerprint density at radius 2 is 2.28 bits per heavy atom. The minimum absolute atomic E-state index is 0.0333. The molecule has 0 spiro atoms. The van der Waals surface area contributed by atoms with Gasteiger partial charge in [0.2, 0.25) is 0 Å². The Hall–Kier alpha value is -1.63. The second-order valence-corrected chi connectivity index (χ2v) is 6.65. The molecule has 7 heteroatoms. The third-order valence-electron chi connectivity index (χ3n) is 2.98. The molecule has 6 nitrogen and oxygen atoms in total. The zero-order chi connectivity index (χ0) is 13.2. The molecular weight excluding hydrogens is 256 g/mol. The lowest BCUT2D eigenvalue weighted by molar-refractivity contribution is 0.0690. The minimum Gasteiger partial charge on any atom is -0.477 e. The van der Waals surface area contributed by atoms with Gasteiger partial charge in [-0.3, -0.25) is 0 Å². The molecule has 1 saturated heterocycles. The first-order chi connectivity index (χ1) is 8.49. The van der Waals surface area contributed by atoms with E-state index in [1.165, 1.54) is 12.3 Å². The van der Waals surface area contributed by atoms with E-state index in [2.05, 4.69) is 10.3 Å². The number of hydrogen-bond donors (Lipinski definition) is 2. The van der Waals surface area contributed by atoms with Crippen LogP contribution in [0, 0.1) is 0 Å². The van der Waals surface area contributed by atoms with Crippen molar-refractivity contribution in [2.45, 2.75) is 18.1 Å². The number of rotatable bonds is 4. The van der Waals surface area contributed by atoms with Gasteiger partial charge >= 0.3 is 5.97 Å². The van der Waals surface area contributed by atoms with Gasteiger partial charge < -0.3 is 10.4 Å². The highest BCUT2D eigenvalue weighted by Crippen LogP contribution is 2.20. The fourth-order valence-corrected chi connectivity index (χ4v) is 3.71. The van der Waals surface area contributed by atoms with Crippen LogP contribution in [0.1, 0.15) is 23.3 Å². The number of carbonyl (C=O) groups is 1. The molecule has 0 saturated carbocycles. The number of pyridine rings is 1. The smallest absolute Gasteiger partial charge is 0.354 e. The fraction of sp³-hybridized carbons (Fsp3) is 0.455. The summed E-state index contributed by atoms with van der Waals surface area (Å²) in [5.74, 6) is -0.824. The Kier molecular flexibility index (Phi) is 3.51. The van der Waals surface area contributed by atoms with Crippen LogP contribution >= 0.6 is 0 Å². The van der Waals surface area contributed by atoms with Crippen molar-refractivity contribution in [3.63, 3.8) is 0 Å². The molecule has 98 valence electrons. The van der Waals surface area contributed by atoms with E-state index in [-0.39, 0.29) is 16.7 Å². The molecule has 0 amide bonds. The lowest BCUT2D eigenvalue weighted by Gasteiger charge is -2.11. The molecule has 0 aliphatic carbocycles. The molecule has 1 fully saturated rings. The summed E-state index contributed by atoms with van der Waals surface area (Å²) in [6.07, 6.45) is 2.78. The molecule has 2 heterocycles. The van der Waals surface area contributed by atoms with Crippen LogP contribution in [0.4, 0.5) is 5.69 Å². The number of aromatic carboxylic acids is 1. The highest BCUT2D eigenvalue weighted by molar-refractivity contribution is 7.92. The minimum atomic E-state index is -2.96. The molecule has 1 atom stereocenters. The monoisotopic (exact) mass is 270 g/mol. The van der Waals surface area contributed by atoms with Gasteiger partial charge in [-0.2, -0.15) is 0 Å². The topological polar surface area (TPSA) is 96.4 Å². The van der Waals surface area contributed by atoms with Crippen molar-refractivity contribution >= 4 is 21.5 Å². The summed E-state index contributed by atoms with van der Waals surface area (Å²) in [5, 5.41) is 11.3. The van der Waals surface area contributed by atoms with Crippen LogP contribution in [-0.2, 0) is 9.84 Å². The van der Waals surface area contributed by atoms with Crippen molar-refractivity contribution in [1.82, 2.24) is 4.98 Å². The highest BCUT2D eigenvalue weighted by atomic mass is 32.2. The van der Waals surface area contributed by atoms with Crippen LogP contribution in [0.2, 0.25) is 0 Å². The number of sulfone groups is 1. The van der Waals surface area contributed by atoms with E-state index in [1.54, 1.807) is 6.07 Å². The average Bonchev–Trinajstić information content (AvgIpc) is 2.66. The van der Waals surface area contributed by atoms with Gasteiger partial charge in [0.05, 0.1) is 22.9 Å². The van der Waals surface area contributed by atoms with Crippen molar-refractivity contribution in [3.05, 3.63) is 24.0 Å². The van der Waals surface area contributed by atoms with Crippen LogP contribution in [0.3, 0.4) is 0 Å². The summed E-state index contributed by atoms with van der Waals surface area (Å²) in [6.45, 7) is 0.344. The summed E-state index contributed by atoms with van der Waals surface area (Å²) in [4.78, 5) is 14.4. The van der Waals surface area contributed by atoms with E-state index in [4.69, 9.17) is 5.11 Å². The van der Waals surface area contributed by atoms with Gasteiger partial charge in [-0.25, -0.2) is 18.2 Å². The van der Waals surface area contributed by atoms with Crippen LogP contribution in [-0.4, -0.2) is 42.0 Å². The standard InChI is InChI=1S/C11H14N2O4S/c14-11(15)10-4-3-8(6-13-10)12-7-9-2-1-5-18(9,16)17/h3-4,6,9,12H,1-2,5,7H2,(H,14,15). The molecule has 1 aromatic rings. The molecule has 1 aliphatic rings. The van der Waals surface area contributed by atoms with Crippen LogP contribution in [0.15, 0.2) is 18.3 Å². The Morgan fingerprint density at radius 3 is 2.78 bits per heavy atom. The number of anilines is 1. The van der Waals surface area contributed by atoms with E-state index in [1.807, 2.05) is 0 Å². The maximum absolute atomic E-state index is 11.6. The number of carboxylic acid groups (broad SMARTS) is 1. The van der Waals surface area contributed by atoms with Gasteiger partial charge in [0.1, 0.15) is 5.69 Å². The van der Waals surface area contributed by atoms with Crippen molar-refractivity contribution in [1.29, 1.82) is 0 Å². The molecule has 1 unspecified atom stereocenters. The summed E-state index contributed by atoms with van der Waals surface area (Å²) < 4.78 is 23.2. The first-order valence-electron chi connectivity index (χ1n) is 5.64. The third kappa shape index (κ3) is 2.79. The molecular formula is C11H14N2O4S. The molecule has 18 heavy (non-hydrogen) atoms. The largest absolute Gasteiger partial charge is 0.477 e.